The third-order valence-electron chi connectivity index (χ3n) is 5.48. The Morgan fingerprint density at radius 2 is 1.68 bits per heavy atom. The van der Waals surface area contributed by atoms with Crippen LogP contribution >= 0.6 is 0 Å². The Morgan fingerprint density at radius 1 is 1.04 bits per heavy atom. The SMILES string of the molecule is C[C@@H]1CCN(c2ccc(C#N)cc2)[C@H]1Cc1ccc(C(C)(C)C)cc1. The minimum Gasteiger partial charge on any atom is -0.368 e. The Morgan fingerprint density at radius 3 is 2.24 bits per heavy atom. The Kier molecular flexibility index (Phi) is 4.86. The minimum absolute atomic E-state index is 0.202. The molecule has 0 amide bonds. The molecule has 2 heteroatoms. The number of rotatable bonds is 3. The molecule has 1 aliphatic heterocycles. The molecule has 2 nitrogen and oxygen atoms in total. The third kappa shape index (κ3) is 3.87. The Balaban J connectivity index is 1.78. The van der Waals surface area contributed by atoms with E-state index in [1.165, 1.54) is 23.2 Å². The Bertz CT molecular complexity index is 745. The first-order chi connectivity index (χ1) is 11.9. The zero-order valence-electron chi connectivity index (χ0n) is 15.8. The van der Waals surface area contributed by atoms with Crippen molar-refractivity contribution >= 4 is 5.69 Å². The first-order valence-electron chi connectivity index (χ1n) is 9.25. The fourth-order valence-electron chi connectivity index (χ4n) is 3.75. The van der Waals surface area contributed by atoms with Gasteiger partial charge < -0.3 is 4.90 Å². The van der Waals surface area contributed by atoms with Crippen molar-refractivity contribution in [2.45, 2.75) is 52.0 Å². The van der Waals surface area contributed by atoms with Crippen LogP contribution in [-0.2, 0) is 11.8 Å². The van der Waals surface area contributed by atoms with Gasteiger partial charge in [-0.1, -0.05) is 52.0 Å². The van der Waals surface area contributed by atoms with E-state index in [0.717, 1.165) is 18.5 Å². The van der Waals surface area contributed by atoms with Crippen molar-refractivity contribution in [1.82, 2.24) is 0 Å². The van der Waals surface area contributed by atoms with Crippen LogP contribution in [0, 0.1) is 17.2 Å². The van der Waals surface area contributed by atoms with Crippen molar-refractivity contribution in [3.63, 3.8) is 0 Å². The van der Waals surface area contributed by atoms with Crippen LogP contribution in [-0.4, -0.2) is 12.6 Å². The zero-order chi connectivity index (χ0) is 18.0. The fourth-order valence-corrected chi connectivity index (χ4v) is 3.75. The van der Waals surface area contributed by atoms with Gasteiger partial charge in [0, 0.05) is 18.3 Å². The summed E-state index contributed by atoms with van der Waals surface area (Å²) in [6.07, 6.45) is 2.30. The molecule has 2 aromatic carbocycles. The smallest absolute Gasteiger partial charge is 0.0991 e. The molecule has 0 N–H and O–H groups in total. The maximum atomic E-state index is 9.00. The van der Waals surface area contributed by atoms with E-state index in [4.69, 9.17) is 5.26 Å². The lowest BCUT2D eigenvalue weighted by Gasteiger charge is -2.29. The number of nitriles is 1. The topological polar surface area (TPSA) is 27.0 Å². The lowest BCUT2D eigenvalue weighted by Crippen LogP contribution is -2.34. The van der Waals surface area contributed by atoms with E-state index in [2.05, 4.69) is 75.1 Å². The van der Waals surface area contributed by atoms with Gasteiger partial charge in [0.05, 0.1) is 11.6 Å². The molecule has 130 valence electrons. The highest BCUT2D eigenvalue weighted by molar-refractivity contribution is 5.52. The van der Waals surface area contributed by atoms with Crippen molar-refractivity contribution in [2.24, 2.45) is 5.92 Å². The average molecular weight is 332 g/mol. The maximum absolute atomic E-state index is 9.00. The number of hydrogen-bond donors (Lipinski definition) is 0. The molecule has 0 aliphatic carbocycles. The largest absolute Gasteiger partial charge is 0.368 e. The second-order valence-corrected chi connectivity index (χ2v) is 8.34. The van der Waals surface area contributed by atoms with Gasteiger partial charge in [0.25, 0.3) is 0 Å². The minimum atomic E-state index is 0.202. The van der Waals surface area contributed by atoms with Gasteiger partial charge in [0.2, 0.25) is 0 Å². The number of hydrogen-bond acceptors (Lipinski definition) is 2. The molecule has 1 aliphatic rings. The van der Waals surface area contributed by atoms with Crippen LogP contribution in [0.15, 0.2) is 48.5 Å². The van der Waals surface area contributed by atoms with E-state index < -0.39 is 0 Å². The van der Waals surface area contributed by atoms with Gasteiger partial charge in [-0.2, -0.15) is 5.26 Å². The van der Waals surface area contributed by atoms with Gasteiger partial charge in [-0.15, -0.1) is 0 Å². The van der Waals surface area contributed by atoms with E-state index in [-0.39, 0.29) is 5.41 Å². The van der Waals surface area contributed by atoms with Crippen molar-refractivity contribution in [1.29, 1.82) is 5.26 Å². The molecule has 0 bridgehead atoms. The van der Waals surface area contributed by atoms with Crippen molar-refractivity contribution < 1.29 is 0 Å². The van der Waals surface area contributed by atoms with Crippen molar-refractivity contribution in [2.75, 3.05) is 11.4 Å². The second kappa shape index (κ2) is 6.92. The van der Waals surface area contributed by atoms with Gasteiger partial charge in [-0.05, 0) is 59.6 Å². The summed E-state index contributed by atoms with van der Waals surface area (Å²) in [4.78, 5) is 2.52. The molecule has 0 saturated carbocycles. The molecule has 0 radical (unpaired) electrons. The molecule has 0 aromatic heterocycles. The second-order valence-electron chi connectivity index (χ2n) is 8.34. The van der Waals surface area contributed by atoms with Gasteiger partial charge in [0.15, 0.2) is 0 Å². The number of anilines is 1. The van der Waals surface area contributed by atoms with Gasteiger partial charge in [0.1, 0.15) is 0 Å². The van der Waals surface area contributed by atoms with Crippen LogP contribution in [0.1, 0.15) is 50.8 Å². The summed E-state index contributed by atoms with van der Waals surface area (Å²) in [5.41, 5.74) is 4.96. The molecule has 1 fully saturated rings. The molecule has 2 aromatic rings. The van der Waals surface area contributed by atoms with E-state index in [9.17, 15) is 0 Å². The highest BCUT2D eigenvalue weighted by Crippen LogP contribution is 2.32. The molecule has 0 unspecified atom stereocenters. The van der Waals surface area contributed by atoms with Crippen molar-refractivity contribution in [3.8, 4) is 6.07 Å². The predicted octanol–water partition coefficient (Wildman–Crippen LogP) is 5.31. The summed E-state index contributed by atoms with van der Waals surface area (Å²) >= 11 is 0. The van der Waals surface area contributed by atoms with Crippen LogP contribution in [0.3, 0.4) is 0 Å². The zero-order valence-corrected chi connectivity index (χ0v) is 15.8. The molecule has 1 saturated heterocycles. The molecular formula is C23H28N2. The Hall–Kier alpha value is -2.27. The number of nitrogens with zero attached hydrogens (tertiary/aromatic N) is 2. The molecule has 1 heterocycles. The van der Waals surface area contributed by atoms with Gasteiger partial charge in [-0.3, -0.25) is 0 Å². The summed E-state index contributed by atoms with van der Waals surface area (Å²) < 4.78 is 0. The van der Waals surface area contributed by atoms with Crippen LogP contribution in [0.5, 0.6) is 0 Å². The molecule has 3 rings (SSSR count). The van der Waals surface area contributed by atoms with E-state index in [1.807, 2.05) is 12.1 Å². The quantitative estimate of drug-likeness (QED) is 0.761. The predicted molar refractivity (Wildman–Crippen MR) is 105 cm³/mol. The standard InChI is InChI=1S/C23H28N2/c1-17-13-14-25(21-11-7-19(16-24)8-12-21)22(17)15-18-5-9-20(10-6-18)23(2,3)4/h5-12,17,22H,13-15H2,1-4H3/t17-,22+/m1/s1. The molecule has 2 atom stereocenters. The van der Waals surface area contributed by atoms with Crippen LogP contribution in [0.4, 0.5) is 5.69 Å². The van der Waals surface area contributed by atoms with Crippen LogP contribution in [0.2, 0.25) is 0 Å². The lowest BCUT2D eigenvalue weighted by molar-refractivity contribution is 0.508. The van der Waals surface area contributed by atoms with E-state index in [0.29, 0.717) is 12.0 Å². The maximum Gasteiger partial charge on any atom is 0.0991 e. The van der Waals surface area contributed by atoms with Gasteiger partial charge in [-0.25, -0.2) is 0 Å². The average Bonchev–Trinajstić information content (AvgIpc) is 2.95. The third-order valence-corrected chi connectivity index (χ3v) is 5.48. The highest BCUT2D eigenvalue weighted by Gasteiger charge is 2.31. The molecule has 25 heavy (non-hydrogen) atoms. The van der Waals surface area contributed by atoms with E-state index >= 15 is 0 Å². The fraction of sp³-hybridized carbons (Fsp3) is 0.435. The first kappa shape index (κ1) is 17.5. The monoisotopic (exact) mass is 332 g/mol. The molecule has 0 spiro atoms. The van der Waals surface area contributed by atoms with E-state index in [1.54, 1.807) is 0 Å². The summed E-state index contributed by atoms with van der Waals surface area (Å²) in [5.74, 6) is 0.679. The van der Waals surface area contributed by atoms with Crippen LogP contribution in [0.25, 0.3) is 0 Å². The van der Waals surface area contributed by atoms with Crippen LogP contribution < -0.4 is 4.90 Å². The summed E-state index contributed by atoms with van der Waals surface area (Å²) in [6, 6.07) is 19.9. The highest BCUT2D eigenvalue weighted by atomic mass is 15.2. The van der Waals surface area contributed by atoms with Gasteiger partial charge >= 0.3 is 0 Å². The lowest BCUT2D eigenvalue weighted by atomic mass is 9.86. The number of benzene rings is 2. The summed E-state index contributed by atoms with van der Waals surface area (Å²) in [7, 11) is 0. The Labute approximate surface area is 152 Å². The summed E-state index contributed by atoms with van der Waals surface area (Å²) in [5, 5.41) is 9.00. The first-order valence-corrected chi connectivity index (χ1v) is 9.25. The van der Waals surface area contributed by atoms with Crippen molar-refractivity contribution in [3.05, 3.63) is 65.2 Å². The normalized spacial score (nSPS) is 20.5. The molecular weight excluding hydrogens is 304 g/mol. The summed E-state index contributed by atoms with van der Waals surface area (Å²) in [6.45, 7) is 10.2.